The first-order valence-electron chi connectivity index (χ1n) is 3.24. The van der Waals surface area contributed by atoms with Crippen LogP contribution in [-0.2, 0) is 16.1 Å². The number of hydrogen-bond donors (Lipinski definition) is 0. The Balaban J connectivity index is 3.30. The molecule has 0 spiro atoms. The molecule has 0 bridgehead atoms. The van der Waals surface area contributed by atoms with Crippen molar-refractivity contribution in [3.63, 3.8) is 0 Å². The molecule has 0 aliphatic heterocycles. The minimum absolute atomic E-state index is 0.0438. The highest BCUT2D eigenvalue weighted by molar-refractivity contribution is 7.86. The molecule has 72 valence electrons. The summed E-state index contributed by atoms with van der Waals surface area (Å²) >= 11 is 11.1. The smallest absolute Gasteiger partial charge is 0.189 e. The lowest BCUT2D eigenvalue weighted by Gasteiger charge is -2.00. The van der Waals surface area contributed by atoms with Crippen molar-refractivity contribution in [2.45, 2.75) is 10.8 Å². The molecule has 1 aromatic carbocycles. The Morgan fingerprint density at radius 1 is 1.38 bits per heavy atom. The Kier molecular flexibility index (Phi) is 3.16. The molecule has 0 radical (unpaired) electrons. The van der Waals surface area contributed by atoms with Crippen LogP contribution in [0.25, 0.3) is 0 Å². The molecule has 1 aromatic rings. The van der Waals surface area contributed by atoms with E-state index in [-0.39, 0.29) is 5.88 Å². The number of benzene rings is 1. The Morgan fingerprint density at radius 3 is 2.46 bits per heavy atom. The largest absolute Gasteiger partial charge is 0.332 e. The van der Waals surface area contributed by atoms with E-state index >= 15 is 0 Å². The minimum Gasteiger partial charge on any atom is -0.189 e. The Bertz CT molecular complexity index is 417. The zero-order valence-electron chi connectivity index (χ0n) is 6.30. The Labute approximate surface area is 85.5 Å². The van der Waals surface area contributed by atoms with Crippen molar-refractivity contribution in [2.24, 2.45) is 0 Å². The standard InChI is InChI=1S/C7H5Cl2FO2S/c8-4-5-3-6(13(10,11)12)1-2-7(5)9/h1-3H,4H2. The van der Waals surface area contributed by atoms with Crippen LogP contribution in [0, 0.1) is 0 Å². The van der Waals surface area contributed by atoms with E-state index in [0.29, 0.717) is 10.6 Å². The summed E-state index contributed by atoms with van der Waals surface area (Å²) < 4.78 is 33.4. The molecular formula is C7H5Cl2FO2S. The first-order valence-corrected chi connectivity index (χ1v) is 5.54. The number of hydrogen-bond acceptors (Lipinski definition) is 2. The highest BCUT2D eigenvalue weighted by atomic mass is 35.5. The number of rotatable bonds is 2. The monoisotopic (exact) mass is 242 g/mol. The van der Waals surface area contributed by atoms with Gasteiger partial charge in [-0.25, -0.2) is 0 Å². The summed E-state index contributed by atoms with van der Waals surface area (Å²) in [5.74, 6) is 0.0438. The van der Waals surface area contributed by atoms with E-state index in [1.165, 1.54) is 6.07 Å². The summed E-state index contributed by atoms with van der Waals surface area (Å²) in [6.07, 6.45) is 0. The van der Waals surface area contributed by atoms with Gasteiger partial charge in [-0.2, -0.15) is 8.42 Å². The highest BCUT2D eigenvalue weighted by Gasteiger charge is 2.13. The molecule has 0 aliphatic carbocycles. The molecule has 0 amide bonds. The van der Waals surface area contributed by atoms with Gasteiger partial charge in [-0.1, -0.05) is 11.6 Å². The van der Waals surface area contributed by atoms with Gasteiger partial charge in [0, 0.05) is 10.9 Å². The summed E-state index contributed by atoms with van der Waals surface area (Å²) in [6, 6.07) is 3.50. The van der Waals surface area contributed by atoms with Crippen molar-refractivity contribution < 1.29 is 12.3 Å². The van der Waals surface area contributed by atoms with Gasteiger partial charge < -0.3 is 0 Å². The lowest BCUT2D eigenvalue weighted by molar-refractivity contribution is 0.552. The topological polar surface area (TPSA) is 34.1 Å². The second-order valence-corrected chi connectivity index (χ2v) is 4.35. The highest BCUT2D eigenvalue weighted by Crippen LogP contribution is 2.22. The fraction of sp³-hybridized carbons (Fsp3) is 0.143. The van der Waals surface area contributed by atoms with Crippen molar-refractivity contribution in [3.8, 4) is 0 Å². The molecule has 0 saturated carbocycles. The summed E-state index contributed by atoms with van der Waals surface area (Å²) in [6.45, 7) is 0. The fourth-order valence-corrected chi connectivity index (χ4v) is 1.79. The zero-order chi connectivity index (χ0) is 10.1. The van der Waals surface area contributed by atoms with Crippen molar-refractivity contribution >= 4 is 33.4 Å². The third-order valence-electron chi connectivity index (χ3n) is 1.44. The average molecular weight is 243 g/mol. The van der Waals surface area contributed by atoms with Crippen molar-refractivity contribution in [1.82, 2.24) is 0 Å². The minimum atomic E-state index is -4.67. The molecule has 0 unspecified atom stereocenters. The summed E-state index contributed by atoms with van der Waals surface area (Å²) in [5.41, 5.74) is 0.391. The lowest BCUT2D eigenvalue weighted by Crippen LogP contribution is -1.93. The average Bonchev–Trinajstić information content (AvgIpc) is 2.03. The molecule has 0 saturated heterocycles. The van der Waals surface area contributed by atoms with Crippen LogP contribution in [0.15, 0.2) is 23.1 Å². The van der Waals surface area contributed by atoms with E-state index in [0.717, 1.165) is 12.1 Å². The van der Waals surface area contributed by atoms with E-state index in [2.05, 4.69) is 0 Å². The number of halogens is 3. The molecule has 1 rings (SSSR count). The quantitative estimate of drug-likeness (QED) is 0.591. The normalized spacial score (nSPS) is 11.6. The predicted molar refractivity (Wildman–Crippen MR) is 49.3 cm³/mol. The van der Waals surface area contributed by atoms with Crippen molar-refractivity contribution in [3.05, 3.63) is 28.8 Å². The van der Waals surface area contributed by atoms with Crippen LogP contribution in [-0.4, -0.2) is 8.42 Å². The van der Waals surface area contributed by atoms with Crippen LogP contribution in [0.1, 0.15) is 5.56 Å². The van der Waals surface area contributed by atoms with E-state index in [1.807, 2.05) is 0 Å². The van der Waals surface area contributed by atoms with Gasteiger partial charge in [-0.15, -0.1) is 15.5 Å². The molecule has 6 heteroatoms. The van der Waals surface area contributed by atoms with Gasteiger partial charge in [-0.3, -0.25) is 0 Å². The molecule has 0 atom stereocenters. The van der Waals surface area contributed by atoms with Gasteiger partial charge in [-0.05, 0) is 23.8 Å². The predicted octanol–water partition coefficient (Wildman–Crippen LogP) is 2.74. The molecular weight excluding hydrogens is 238 g/mol. The maximum atomic E-state index is 12.5. The molecule has 0 aromatic heterocycles. The third-order valence-corrected chi connectivity index (χ3v) is 2.92. The van der Waals surface area contributed by atoms with E-state index in [4.69, 9.17) is 23.2 Å². The maximum absolute atomic E-state index is 12.5. The first-order chi connectivity index (χ1) is 5.95. The fourth-order valence-electron chi connectivity index (χ4n) is 0.805. The van der Waals surface area contributed by atoms with Crippen LogP contribution in [0.5, 0.6) is 0 Å². The van der Waals surface area contributed by atoms with Gasteiger partial charge in [0.2, 0.25) is 0 Å². The van der Waals surface area contributed by atoms with Gasteiger partial charge in [0.25, 0.3) is 0 Å². The number of alkyl halides is 1. The van der Waals surface area contributed by atoms with Crippen LogP contribution in [0.2, 0.25) is 5.02 Å². The molecule has 13 heavy (non-hydrogen) atoms. The van der Waals surface area contributed by atoms with Gasteiger partial charge in [0.05, 0.1) is 4.90 Å². The van der Waals surface area contributed by atoms with Crippen LogP contribution in [0.3, 0.4) is 0 Å². The van der Waals surface area contributed by atoms with Crippen LogP contribution >= 0.6 is 23.2 Å². The third kappa shape index (κ3) is 2.56. The SMILES string of the molecule is O=S(=O)(F)c1ccc(Cl)c(CCl)c1. The molecule has 0 fully saturated rings. The first kappa shape index (κ1) is 10.8. The molecule has 0 aliphatic rings. The molecule has 0 N–H and O–H groups in total. The lowest BCUT2D eigenvalue weighted by atomic mass is 10.2. The Hall–Kier alpha value is -0.320. The second kappa shape index (κ2) is 3.82. The van der Waals surface area contributed by atoms with Crippen LogP contribution < -0.4 is 0 Å². The van der Waals surface area contributed by atoms with E-state index in [9.17, 15) is 12.3 Å². The van der Waals surface area contributed by atoms with Gasteiger partial charge >= 0.3 is 10.2 Å². The van der Waals surface area contributed by atoms with E-state index < -0.39 is 15.1 Å². The second-order valence-electron chi connectivity index (χ2n) is 2.32. The zero-order valence-corrected chi connectivity index (χ0v) is 8.63. The van der Waals surface area contributed by atoms with Crippen molar-refractivity contribution in [1.29, 1.82) is 0 Å². The molecule has 2 nitrogen and oxygen atoms in total. The summed E-state index contributed by atoms with van der Waals surface area (Å²) in [7, 11) is -4.67. The van der Waals surface area contributed by atoms with Crippen LogP contribution in [0.4, 0.5) is 3.89 Å². The maximum Gasteiger partial charge on any atom is 0.332 e. The van der Waals surface area contributed by atoms with Gasteiger partial charge in [0.1, 0.15) is 0 Å². The van der Waals surface area contributed by atoms with E-state index in [1.54, 1.807) is 0 Å². The van der Waals surface area contributed by atoms with Crippen molar-refractivity contribution in [2.75, 3.05) is 0 Å². The van der Waals surface area contributed by atoms with Gasteiger partial charge in [0.15, 0.2) is 0 Å². The Morgan fingerprint density at radius 2 is 2.00 bits per heavy atom. The summed E-state index contributed by atoms with van der Waals surface area (Å²) in [4.78, 5) is -0.424. The molecule has 0 heterocycles. The summed E-state index contributed by atoms with van der Waals surface area (Å²) in [5, 5.41) is 0.322.